The first-order chi connectivity index (χ1) is 8.93. The van der Waals surface area contributed by atoms with E-state index in [1.54, 1.807) is 6.07 Å². The first-order valence-electron chi connectivity index (χ1n) is 6.84. The summed E-state index contributed by atoms with van der Waals surface area (Å²) in [6.45, 7) is 10.1. The van der Waals surface area contributed by atoms with E-state index in [9.17, 15) is 4.79 Å². The van der Waals surface area contributed by atoms with Crippen LogP contribution in [0.5, 0.6) is 0 Å². The smallest absolute Gasteiger partial charge is 0.225 e. The summed E-state index contributed by atoms with van der Waals surface area (Å²) < 4.78 is 0. The van der Waals surface area contributed by atoms with Gasteiger partial charge in [0.1, 0.15) is 0 Å². The van der Waals surface area contributed by atoms with Gasteiger partial charge in [0.15, 0.2) is 0 Å². The van der Waals surface area contributed by atoms with Crippen molar-refractivity contribution >= 4 is 17.3 Å². The van der Waals surface area contributed by atoms with Gasteiger partial charge in [0.2, 0.25) is 5.91 Å². The topological polar surface area (TPSA) is 58.4 Å². The second kappa shape index (κ2) is 7.14. The standard InChI is InChI=1S/C15H25N3O/c1-5-18(11(2)3)9-8-15(19)17-14-7-6-13(16)10-12(14)4/h6-7,10-11H,5,8-9,16H2,1-4H3,(H,17,19). The molecule has 0 radical (unpaired) electrons. The lowest BCUT2D eigenvalue weighted by atomic mass is 10.1. The van der Waals surface area contributed by atoms with Crippen molar-refractivity contribution in [2.45, 2.75) is 40.2 Å². The van der Waals surface area contributed by atoms with Gasteiger partial charge in [0.05, 0.1) is 0 Å². The molecule has 106 valence electrons. The SMILES string of the molecule is CCN(CCC(=O)Nc1ccc(N)cc1C)C(C)C. The molecule has 0 atom stereocenters. The molecule has 1 amide bonds. The molecule has 19 heavy (non-hydrogen) atoms. The Bertz CT molecular complexity index is 429. The van der Waals surface area contributed by atoms with Crippen molar-refractivity contribution in [3.05, 3.63) is 23.8 Å². The zero-order valence-corrected chi connectivity index (χ0v) is 12.4. The van der Waals surface area contributed by atoms with Crippen molar-refractivity contribution in [1.29, 1.82) is 0 Å². The van der Waals surface area contributed by atoms with Crippen LogP contribution in [0.25, 0.3) is 0 Å². The van der Waals surface area contributed by atoms with E-state index in [4.69, 9.17) is 5.73 Å². The predicted molar refractivity (Wildman–Crippen MR) is 81.2 cm³/mol. The molecule has 0 aliphatic carbocycles. The van der Waals surface area contributed by atoms with E-state index in [1.807, 2.05) is 19.1 Å². The maximum atomic E-state index is 11.9. The van der Waals surface area contributed by atoms with Crippen LogP contribution in [0.2, 0.25) is 0 Å². The summed E-state index contributed by atoms with van der Waals surface area (Å²) in [6, 6.07) is 5.98. The van der Waals surface area contributed by atoms with E-state index in [0.29, 0.717) is 18.2 Å². The molecule has 1 rings (SSSR count). The molecule has 0 bridgehead atoms. The molecule has 0 spiro atoms. The van der Waals surface area contributed by atoms with Gasteiger partial charge in [-0.25, -0.2) is 0 Å². The molecule has 0 heterocycles. The fraction of sp³-hybridized carbons (Fsp3) is 0.533. The summed E-state index contributed by atoms with van der Waals surface area (Å²) in [6.07, 6.45) is 0.510. The van der Waals surface area contributed by atoms with Crippen molar-refractivity contribution in [2.75, 3.05) is 24.1 Å². The van der Waals surface area contributed by atoms with Gasteiger partial charge in [0.25, 0.3) is 0 Å². The van der Waals surface area contributed by atoms with Crippen molar-refractivity contribution < 1.29 is 4.79 Å². The first kappa shape index (κ1) is 15.5. The lowest BCUT2D eigenvalue weighted by molar-refractivity contribution is -0.116. The molecule has 0 aromatic heterocycles. The molecule has 4 heteroatoms. The Morgan fingerprint density at radius 2 is 2.11 bits per heavy atom. The van der Waals surface area contributed by atoms with Crippen LogP contribution in [-0.2, 0) is 4.79 Å². The zero-order chi connectivity index (χ0) is 14.4. The van der Waals surface area contributed by atoms with Crippen LogP contribution in [0.1, 0.15) is 32.8 Å². The third-order valence-corrected chi connectivity index (χ3v) is 3.29. The number of benzene rings is 1. The van der Waals surface area contributed by atoms with E-state index in [1.165, 1.54) is 0 Å². The third kappa shape index (κ3) is 4.91. The Kier molecular flexibility index (Phi) is 5.83. The fourth-order valence-electron chi connectivity index (χ4n) is 2.07. The first-order valence-corrected chi connectivity index (χ1v) is 6.84. The Hall–Kier alpha value is -1.55. The fourth-order valence-corrected chi connectivity index (χ4v) is 2.07. The average molecular weight is 263 g/mol. The number of rotatable bonds is 6. The molecule has 1 aromatic rings. The Morgan fingerprint density at radius 3 is 2.63 bits per heavy atom. The zero-order valence-electron chi connectivity index (χ0n) is 12.4. The maximum absolute atomic E-state index is 11.9. The molecule has 4 nitrogen and oxygen atoms in total. The maximum Gasteiger partial charge on any atom is 0.225 e. The molecule has 3 N–H and O–H groups in total. The molecule has 0 aliphatic rings. The van der Waals surface area contributed by atoms with Gasteiger partial charge in [0, 0.05) is 30.4 Å². The number of amides is 1. The quantitative estimate of drug-likeness (QED) is 0.776. The Labute approximate surface area is 116 Å². The number of nitrogens with one attached hydrogen (secondary N) is 1. The Balaban J connectivity index is 2.51. The van der Waals surface area contributed by atoms with E-state index < -0.39 is 0 Å². The summed E-state index contributed by atoms with van der Waals surface area (Å²) in [5, 5.41) is 2.93. The summed E-state index contributed by atoms with van der Waals surface area (Å²) in [4.78, 5) is 14.2. The van der Waals surface area contributed by atoms with Crippen LogP contribution in [-0.4, -0.2) is 29.9 Å². The highest BCUT2D eigenvalue weighted by molar-refractivity contribution is 5.91. The number of carbonyl (C=O) groups is 1. The summed E-state index contributed by atoms with van der Waals surface area (Å²) >= 11 is 0. The van der Waals surface area contributed by atoms with E-state index in [2.05, 4.69) is 31.0 Å². The highest BCUT2D eigenvalue weighted by Crippen LogP contribution is 2.17. The number of anilines is 2. The van der Waals surface area contributed by atoms with Crippen LogP contribution in [0.15, 0.2) is 18.2 Å². The van der Waals surface area contributed by atoms with Gasteiger partial charge in [-0.05, 0) is 51.1 Å². The highest BCUT2D eigenvalue weighted by Gasteiger charge is 2.10. The van der Waals surface area contributed by atoms with Gasteiger partial charge in [-0.1, -0.05) is 6.92 Å². The van der Waals surface area contributed by atoms with Gasteiger partial charge >= 0.3 is 0 Å². The van der Waals surface area contributed by atoms with E-state index in [-0.39, 0.29) is 5.91 Å². The number of carbonyl (C=O) groups excluding carboxylic acids is 1. The molecule has 0 unspecified atom stereocenters. The normalized spacial score (nSPS) is 11.1. The largest absolute Gasteiger partial charge is 0.399 e. The molecule has 0 fully saturated rings. The van der Waals surface area contributed by atoms with E-state index >= 15 is 0 Å². The predicted octanol–water partition coefficient (Wildman–Crippen LogP) is 2.64. The van der Waals surface area contributed by atoms with Gasteiger partial charge in [-0.15, -0.1) is 0 Å². The van der Waals surface area contributed by atoms with Crippen molar-refractivity contribution in [1.82, 2.24) is 4.90 Å². The van der Waals surface area contributed by atoms with E-state index in [0.717, 1.165) is 24.3 Å². The molecular weight excluding hydrogens is 238 g/mol. The molecule has 0 saturated carbocycles. The van der Waals surface area contributed by atoms with Crippen molar-refractivity contribution in [2.24, 2.45) is 0 Å². The number of hydrogen-bond acceptors (Lipinski definition) is 3. The van der Waals surface area contributed by atoms with Crippen molar-refractivity contribution in [3.63, 3.8) is 0 Å². The van der Waals surface area contributed by atoms with Gasteiger partial charge in [-0.3, -0.25) is 4.79 Å². The minimum Gasteiger partial charge on any atom is -0.399 e. The van der Waals surface area contributed by atoms with Gasteiger partial charge < -0.3 is 16.0 Å². The average Bonchev–Trinajstić information content (AvgIpc) is 2.33. The van der Waals surface area contributed by atoms with Crippen LogP contribution in [0.3, 0.4) is 0 Å². The minimum absolute atomic E-state index is 0.0481. The van der Waals surface area contributed by atoms with Crippen LogP contribution < -0.4 is 11.1 Å². The second-order valence-corrected chi connectivity index (χ2v) is 5.09. The van der Waals surface area contributed by atoms with Crippen LogP contribution in [0.4, 0.5) is 11.4 Å². The van der Waals surface area contributed by atoms with Crippen molar-refractivity contribution in [3.8, 4) is 0 Å². The molecular formula is C15H25N3O. The number of nitrogens with zero attached hydrogens (tertiary/aromatic N) is 1. The second-order valence-electron chi connectivity index (χ2n) is 5.09. The number of hydrogen-bond donors (Lipinski definition) is 2. The summed E-state index contributed by atoms with van der Waals surface area (Å²) in [5.74, 6) is 0.0481. The Morgan fingerprint density at radius 1 is 1.42 bits per heavy atom. The van der Waals surface area contributed by atoms with Crippen LogP contribution >= 0.6 is 0 Å². The molecule has 0 aliphatic heterocycles. The number of nitrogen functional groups attached to an aromatic ring is 1. The lowest BCUT2D eigenvalue weighted by Crippen LogP contribution is -2.33. The summed E-state index contributed by atoms with van der Waals surface area (Å²) in [7, 11) is 0. The highest BCUT2D eigenvalue weighted by atomic mass is 16.1. The van der Waals surface area contributed by atoms with Gasteiger partial charge in [-0.2, -0.15) is 0 Å². The minimum atomic E-state index is 0.0481. The number of aryl methyl sites for hydroxylation is 1. The third-order valence-electron chi connectivity index (χ3n) is 3.29. The molecule has 0 saturated heterocycles. The number of nitrogens with two attached hydrogens (primary N) is 1. The lowest BCUT2D eigenvalue weighted by Gasteiger charge is -2.24. The monoisotopic (exact) mass is 263 g/mol. The van der Waals surface area contributed by atoms with Crippen LogP contribution in [0, 0.1) is 6.92 Å². The summed E-state index contributed by atoms with van der Waals surface area (Å²) in [5.41, 5.74) is 8.23. The molecule has 1 aromatic carbocycles.